The summed E-state index contributed by atoms with van der Waals surface area (Å²) in [5.41, 5.74) is 8.17. The Morgan fingerprint density at radius 3 is 2.56 bits per heavy atom. The van der Waals surface area contributed by atoms with E-state index < -0.39 is 0 Å². The number of aromatic nitrogens is 2. The van der Waals surface area contributed by atoms with Gasteiger partial charge in [0.1, 0.15) is 5.69 Å². The molecule has 0 amide bonds. The summed E-state index contributed by atoms with van der Waals surface area (Å²) in [4.78, 5) is 4.73. The molecule has 0 atom stereocenters. The average molecular weight is 324 g/mol. The van der Waals surface area contributed by atoms with Gasteiger partial charge in [-0.15, -0.1) is 0 Å². The minimum atomic E-state index is 0.992. The van der Waals surface area contributed by atoms with Crippen molar-refractivity contribution in [3.63, 3.8) is 0 Å². The molecule has 120 valence electrons. The van der Waals surface area contributed by atoms with Crippen LogP contribution < -0.4 is 4.57 Å². The molecule has 3 nitrogen and oxygen atoms in total. The summed E-state index contributed by atoms with van der Waals surface area (Å²) in [6.07, 6.45) is 1.98. The lowest BCUT2D eigenvalue weighted by Crippen LogP contribution is -2.30. The predicted octanol–water partition coefficient (Wildman–Crippen LogP) is 4.49. The molecule has 0 unspecified atom stereocenters. The fourth-order valence-electron chi connectivity index (χ4n) is 3.80. The van der Waals surface area contributed by atoms with Gasteiger partial charge in [-0.05, 0) is 42.8 Å². The topological polar surface area (TPSA) is 21.2 Å². The van der Waals surface area contributed by atoms with Crippen LogP contribution in [0.4, 0.5) is 5.69 Å². The van der Waals surface area contributed by atoms with E-state index in [1.54, 1.807) is 0 Å². The summed E-state index contributed by atoms with van der Waals surface area (Å²) in [7, 11) is 2.14. The molecule has 3 heteroatoms. The van der Waals surface area contributed by atoms with E-state index in [9.17, 15) is 0 Å². The Morgan fingerprint density at radius 1 is 0.880 bits per heavy atom. The van der Waals surface area contributed by atoms with Crippen LogP contribution >= 0.6 is 0 Å². The Kier molecular flexibility index (Phi) is 2.92. The Balaban J connectivity index is 2.02. The zero-order valence-corrected chi connectivity index (χ0v) is 14.3. The fraction of sp³-hybridized carbons (Fsp3) is 0.0909. The summed E-state index contributed by atoms with van der Waals surface area (Å²) in [5.74, 6) is 1.18. The normalized spacial score (nSPS) is 12.2. The first-order valence-electron chi connectivity index (χ1n) is 8.48. The Labute approximate surface area is 146 Å². The zero-order valence-electron chi connectivity index (χ0n) is 14.3. The van der Waals surface area contributed by atoms with E-state index >= 15 is 0 Å². The highest BCUT2D eigenvalue weighted by atomic mass is 15.2. The van der Waals surface area contributed by atoms with Gasteiger partial charge >= 0.3 is 0 Å². The molecule has 0 bridgehead atoms. The first-order valence-corrected chi connectivity index (χ1v) is 8.48. The van der Waals surface area contributed by atoms with E-state index in [4.69, 9.17) is 4.99 Å². The lowest BCUT2D eigenvalue weighted by atomic mass is 10.1. The number of para-hydroxylation sites is 3. The first kappa shape index (κ1) is 14.2. The van der Waals surface area contributed by atoms with Gasteiger partial charge in [-0.2, -0.15) is 4.57 Å². The van der Waals surface area contributed by atoms with Gasteiger partial charge in [-0.25, -0.2) is 4.57 Å². The highest BCUT2D eigenvalue weighted by Crippen LogP contribution is 2.35. The van der Waals surface area contributed by atoms with Crippen molar-refractivity contribution >= 4 is 22.9 Å². The molecule has 25 heavy (non-hydrogen) atoms. The van der Waals surface area contributed by atoms with Crippen LogP contribution in [0, 0.1) is 6.92 Å². The van der Waals surface area contributed by atoms with Gasteiger partial charge in [0.2, 0.25) is 0 Å². The van der Waals surface area contributed by atoms with Gasteiger partial charge in [0.25, 0.3) is 5.82 Å². The van der Waals surface area contributed by atoms with Crippen LogP contribution in [0.25, 0.3) is 28.1 Å². The van der Waals surface area contributed by atoms with Crippen molar-refractivity contribution in [1.29, 1.82) is 0 Å². The molecule has 2 heterocycles. The van der Waals surface area contributed by atoms with Crippen molar-refractivity contribution in [1.82, 2.24) is 4.57 Å². The number of hydrogen-bond acceptors (Lipinski definition) is 1. The maximum absolute atomic E-state index is 4.73. The third-order valence-electron chi connectivity index (χ3n) is 5.01. The minimum absolute atomic E-state index is 0.992. The van der Waals surface area contributed by atoms with E-state index in [2.05, 4.69) is 83.8 Å². The number of nitrogens with zero attached hydrogens (tertiary/aromatic N) is 3. The van der Waals surface area contributed by atoms with Gasteiger partial charge in [0, 0.05) is 11.8 Å². The van der Waals surface area contributed by atoms with E-state index in [-0.39, 0.29) is 0 Å². The number of hydrogen-bond donors (Lipinski definition) is 0. The maximum atomic E-state index is 4.73. The Hall–Kier alpha value is -3.20. The Morgan fingerprint density at radius 2 is 1.68 bits per heavy atom. The van der Waals surface area contributed by atoms with Gasteiger partial charge in [-0.1, -0.05) is 36.4 Å². The number of rotatable bonds is 1. The number of imidazole rings is 1. The second-order valence-electron chi connectivity index (χ2n) is 6.49. The third kappa shape index (κ3) is 1.92. The summed E-state index contributed by atoms with van der Waals surface area (Å²) < 4.78 is 4.65. The van der Waals surface area contributed by atoms with Crippen LogP contribution in [-0.2, 0) is 7.05 Å². The summed E-state index contributed by atoms with van der Waals surface area (Å²) in [6, 6.07) is 23.3. The molecule has 0 saturated heterocycles. The molecule has 1 aliphatic rings. The number of benzene rings is 3. The van der Waals surface area contributed by atoms with E-state index in [0.29, 0.717) is 0 Å². The summed E-state index contributed by atoms with van der Waals surface area (Å²) >= 11 is 0. The van der Waals surface area contributed by atoms with Crippen LogP contribution in [0.15, 0.2) is 71.7 Å². The van der Waals surface area contributed by atoms with Crippen molar-refractivity contribution in [2.45, 2.75) is 6.92 Å². The second-order valence-corrected chi connectivity index (χ2v) is 6.49. The number of fused-ring (bicyclic) bond motifs is 2. The minimum Gasteiger partial charge on any atom is -0.252 e. The molecule has 0 aliphatic carbocycles. The molecule has 5 rings (SSSR count). The van der Waals surface area contributed by atoms with Crippen LogP contribution in [0.1, 0.15) is 11.1 Å². The SMILES string of the molecule is Cc1ccccc1-c1n2c3c(cccc3[n+]1C)C=Nc1ccccc1-2. The molecule has 4 aromatic rings. The van der Waals surface area contributed by atoms with Gasteiger partial charge in [0.05, 0.1) is 12.6 Å². The van der Waals surface area contributed by atoms with Gasteiger partial charge in [-0.3, -0.25) is 4.99 Å². The monoisotopic (exact) mass is 324 g/mol. The van der Waals surface area contributed by atoms with Crippen molar-refractivity contribution in [3.8, 4) is 17.1 Å². The third-order valence-corrected chi connectivity index (χ3v) is 5.01. The van der Waals surface area contributed by atoms with Gasteiger partial charge < -0.3 is 0 Å². The van der Waals surface area contributed by atoms with Crippen LogP contribution in [0.5, 0.6) is 0 Å². The van der Waals surface area contributed by atoms with E-state index in [1.807, 2.05) is 12.3 Å². The fourth-order valence-corrected chi connectivity index (χ4v) is 3.80. The molecule has 0 N–H and O–H groups in total. The predicted molar refractivity (Wildman–Crippen MR) is 102 cm³/mol. The van der Waals surface area contributed by atoms with E-state index in [1.165, 1.54) is 28.0 Å². The van der Waals surface area contributed by atoms with Crippen molar-refractivity contribution in [2.75, 3.05) is 0 Å². The first-order chi connectivity index (χ1) is 12.3. The maximum Gasteiger partial charge on any atom is 0.295 e. The van der Waals surface area contributed by atoms with Crippen molar-refractivity contribution < 1.29 is 4.57 Å². The molecule has 0 spiro atoms. The van der Waals surface area contributed by atoms with Crippen LogP contribution in [0.2, 0.25) is 0 Å². The van der Waals surface area contributed by atoms with E-state index in [0.717, 1.165) is 16.9 Å². The molecule has 0 saturated carbocycles. The summed E-state index contributed by atoms with van der Waals surface area (Å²) in [6.45, 7) is 2.17. The lowest BCUT2D eigenvalue weighted by Gasteiger charge is -2.07. The number of aliphatic imine (C=N–C) groups is 1. The molecule has 0 radical (unpaired) electrons. The average Bonchev–Trinajstić information content (AvgIpc) is 2.83. The van der Waals surface area contributed by atoms with Crippen molar-refractivity contribution in [3.05, 3.63) is 77.9 Å². The zero-order chi connectivity index (χ0) is 17.0. The highest BCUT2D eigenvalue weighted by molar-refractivity contribution is 6.00. The molecule has 0 fully saturated rings. The van der Waals surface area contributed by atoms with Crippen LogP contribution in [0.3, 0.4) is 0 Å². The highest BCUT2D eigenvalue weighted by Gasteiger charge is 2.30. The Bertz CT molecular complexity index is 1170. The van der Waals surface area contributed by atoms with Gasteiger partial charge in [0.15, 0.2) is 16.7 Å². The number of aryl methyl sites for hydroxylation is 2. The largest absolute Gasteiger partial charge is 0.295 e. The molecular formula is C22H18N3+. The molecular weight excluding hydrogens is 306 g/mol. The molecule has 3 aromatic carbocycles. The lowest BCUT2D eigenvalue weighted by molar-refractivity contribution is -0.633. The smallest absolute Gasteiger partial charge is 0.252 e. The van der Waals surface area contributed by atoms with Crippen LogP contribution in [-0.4, -0.2) is 10.8 Å². The molecule has 1 aliphatic heterocycles. The van der Waals surface area contributed by atoms with Crippen molar-refractivity contribution in [2.24, 2.45) is 12.0 Å². The standard InChI is InChI=1S/C22H18N3/c1-15-8-3-4-10-17(15)22-24(2)20-13-7-9-16-14-23-18-11-5-6-12-19(18)25(22)21(16)20/h3-14H,1-2H3/q+1. The second kappa shape index (κ2) is 5.15. The molecule has 1 aromatic heterocycles. The quantitative estimate of drug-likeness (QED) is 0.405. The summed E-state index contributed by atoms with van der Waals surface area (Å²) in [5, 5.41) is 0.